The van der Waals surface area contributed by atoms with Crippen molar-refractivity contribution >= 4 is 28.2 Å². The van der Waals surface area contributed by atoms with Crippen LogP contribution < -0.4 is 15.5 Å². The molecule has 2 aliphatic rings. The van der Waals surface area contributed by atoms with Crippen molar-refractivity contribution in [2.24, 2.45) is 0 Å². The number of carbonyl (C=O) groups is 1. The van der Waals surface area contributed by atoms with E-state index in [1.807, 2.05) is 24.3 Å². The van der Waals surface area contributed by atoms with Gasteiger partial charge >= 0.3 is 6.18 Å². The molecule has 0 spiro atoms. The minimum absolute atomic E-state index is 0.0258. The van der Waals surface area contributed by atoms with Gasteiger partial charge in [-0.3, -0.25) is 4.79 Å². The number of aromatic nitrogens is 1. The molecule has 2 heterocycles. The smallest absolute Gasteiger partial charge is 0.382 e. The lowest BCUT2D eigenvalue weighted by Crippen LogP contribution is -2.40. The van der Waals surface area contributed by atoms with Gasteiger partial charge in [0.15, 0.2) is 0 Å². The van der Waals surface area contributed by atoms with E-state index >= 15 is 0 Å². The van der Waals surface area contributed by atoms with Crippen LogP contribution in [0.2, 0.25) is 0 Å². The number of pyridine rings is 1. The van der Waals surface area contributed by atoms with Gasteiger partial charge in [-0.2, -0.15) is 13.2 Å². The Balaban J connectivity index is 1.18. The van der Waals surface area contributed by atoms with Crippen molar-refractivity contribution in [2.45, 2.75) is 43.9 Å². The molecule has 190 valence electrons. The van der Waals surface area contributed by atoms with E-state index in [0.717, 1.165) is 50.5 Å². The Hall–Kier alpha value is -3.33. The van der Waals surface area contributed by atoms with Crippen LogP contribution >= 0.6 is 0 Å². The number of alkyl halides is 3. The van der Waals surface area contributed by atoms with Gasteiger partial charge in [0.05, 0.1) is 18.7 Å². The third-order valence-corrected chi connectivity index (χ3v) is 6.93. The number of anilines is 2. The van der Waals surface area contributed by atoms with E-state index in [-0.39, 0.29) is 18.0 Å². The monoisotopic (exact) mass is 498 g/mol. The highest BCUT2D eigenvalue weighted by molar-refractivity contribution is 5.94. The molecule has 1 aliphatic carbocycles. The fraction of sp³-hybridized carbons (Fsp3) is 0.407. The van der Waals surface area contributed by atoms with Crippen molar-refractivity contribution < 1.29 is 22.7 Å². The summed E-state index contributed by atoms with van der Waals surface area (Å²) in [6, 6.07) is 15.6. The van der Waals surface area contributed by atoms with Crippen LogP contribution in [-0.4, -0.2) is 49.3 Å². The van der Waals surface area contributed by atoms with Gasteiger partial charge < -0.3 is 20.3 Å². The lowest BCUT2D eigenvalue weighted by Gasteiger charge is -2.31. The summed E-state index contributed by atoms with van der Waals surface area (Å²) in [5.74, 6) is -0.102. The number of nitrogens with one attached hydrogen (secondary N) is 2. The van der Waals surface area contributed by atoms with Gasteiger partial charge in [-0.05, 0) is 62.1 Å². The first-order chi connectivity index (χ1) is 17.4. The normalized spacial score (nSPS) is 20.8. The van der Waals surface area contributed by atoms with Crippen molar-refractivity contribution in [1.82, 2.24) is 10.3 Å². The molecule has 2 aromatic carbocycles. The molecule has 3 aromatic rings. The van der Waals surface area contributed by atoms with Gasteiger partial charge in [-0.15, -0.1) is 0 Å². The molecule has 1 aliphatic heterocycles. The maximum Gasteiger partial charge on any atom is 0.433 e. The minimum atomic E-state index is -4.51. The van der Waals surface area contributed by atoms with Crippen LogP contribution in [0.25, 0.3) is 10.9 Å². The summed E-state index contributed by atoms with van der Waals surface area (Å²) in [6.07, 6.45) is -1.50. The first-order valence-electron chi connectivity index (χ1n) is 12.3. The zero-order valence-corrected chi connectivity index (χ0v) is 19.9. The number of hydrogen-bond donors (Lipinski definition) is 2. The van der Waals surface area contributed by atoms with E-state index in [1.165, 1.54) is 0 Å². The summed E-state index contributed by atoms with van der Waals surface area (Å²) in [5, 5.41) is 7.10. The maximum absolute atomic E-state index is 13.4. The molecule has 5 rings (SSSR count). The molecular weight excluding hydrogens is 469 g/mol. The highest BCUT2D eigenvalue weighted by atomic mass is 19.4. The van der Waals surface area contributed by atoms with Crippen LogP contribution in [0.15, 0.2) is 54.6 Å². The number of fused-ring (bicyclic) bond motifs is 1. The SMILES string of the molecule is O=C(NC1CCC(Nc2cc(C(F)(F)F)nc3ccccc23)CC1)c1ccc(N2CCOCC2)cc1. The molecule has 0 atom stereocenters. The largest absolute Gasteiger partial charge is 0.433 e. The fourth-order valence-corrected chi connectivity index (χ4v) is 4.96. The van der Waals surface area contributed by atoms with Crippen molar-refractivity contribution in [1.29, 1.82) is 0 Å². The number of para-hydroxylation sites is 1. The molecule has 1 aromatic heterocycles. The molecule has 2 N–H and O–H groups in total. The van der Waals surface area contributed by atoms with Gasteiger partial charge in [0.2, 0.25) is 0 Å². The maximum atomic E-state index is 13.4. The predicted octanol–water partition coefficient (Wildman–Crippen LogP) is 5.24. The molecule has 1 saturated carbocycles. The predicted molar refractivity (Wildman–Crippen MR) is 133 cm³/mol. The molecule has 0 unspecified atom stereocenters. The Morgan fingerprint density at radius 3 is 2.31 bits per heavy atom. The van der Waals surface area contributed by atoms with E-state index in [1.54, 1.807) is 24.3 Å². The van der Waals surface area contributed by atoms with Crippen molar-refractivity contribution in [3.63, 3.8) is 0 Å². The highest BCUT2D eigenvalue weighted by Crippen LogP contribution is 2.34. The summed E-state index contributed by atoms with van der Waals surface area (Å²) < 4.78 is 45.5. The number of benzene rings is 2. The van der Waals surface area contributed by atoms with Crippen LogP contribution in [0.1, 0.15) is 41.7 Å². The number of ether oxygens (including phenoxy) is 1. The van der Waals surface area contributed by atoms with Crippen LogP contribution in [0.5, 0.6) is 0 Å². The van der Waals surface area contributed by atoms with E-state index in [0.29, 0.717) is 35.4 Å². The number of amides is 1. The first kappa shape index (κ1) is 24.4. The van der Waals surface area contributed by atoms with E-state index in [2.05, 4.69) is 20.5 Å². The third-order valence-electron chi connectivity index (χ3n) is 6.93. The van der Waals surface area contributed by atoms with Crippen molar-refractivity contribution in [2.75, 3.05) is 36.5 Å². The van der Waals surface area contributed by atoms with Crippen LogP contribution in [0.3, 0.4) is 0 Å². The lowest BCUT2D eigenvalue weighted by atomic mass is 9.90. The molecular formula is C27H29F3N4O2. The fourth-order valence-electron chi connectivity index (χ4n) is 4.96. The van der Waals surface area contributed by atoms with Gasteiger partial charge in [0.1, 0.15) is 5.69 Å². The van der Waals surface area contributed by atoms with Crippen LogP contribution in [0.4, 0.5) is 24.5 Å². The first-order valence-corrected chi connectivity index (χ1v) is 12.3. The average Bonchev–Trinajstić information content (AvgIpc) is 2.90. The molecule has 0 radical (unpaired) electrons. The zero-order valence-electron chi connectivity index (χ0n) is 19.9. The zero-order chi connectivity index (χ0) is 25.1. The van der Waals surface area contributed by atoms with Crippen molar-refractivity contribution in [3.8, 4) is 0 Å². The molecule has 36 heavy (non-hydrogen) atoms. The number of rotatable bonds is 5. The summed E-state index contributed by atoms with van der Waals surface area (Å²) in [6.45, 7) is 3.10. The van der Waals surface area contributed by atoms with Crippen LogP contribution in [-0.2, 0) is 10.9 Å². The average molecular weight is 499 g/mol. The minimum Gasteiger partial charge on any atom is -0.382 e. The quantitative estimate of drug-likeness (QED) is 0.504. The Morgan fingerprint density at radius 2 is 1.61 bits per heavy atom. The van der Waals surface area contributed by atoms with Crippen LogP contribution in [0, 0.1) is 0 Å². The van der Waals surface area contributed by atoms with Gasteiger partial charge in [0, 0.05) is 47.5 Å². The number of nitrogens with zero attached hydrogens (tertiary/aromatic N) is 2. The van der Waals surface area contributed by atoms with E-state index < -0.39 is 11.9 Å². The van der Waals surface area contributed by atoms with E-state index in [4.69, 9.17) is 4.74 Å². The molecule has 2 fully saturated rings. The lowest BCUT2D eigenvalue weighted by molar-refractivity contribution is -0.140. The Morgan fingerprint density at radius 1 is 0.944 bits per heavy atom. The summed E-state index contributed by atoms with van der Waals surface area (Å²) >= 11 is 0. The summed E-state index contributed by atoms with van der Waals surface area (Å²) in [5.41, 5.74) is 1.56. The van der Waals surface area contributed by atoms with Gasteiger partial charge in [0.25, 0.3) is 5.91 Å². The van der Waals surface area contributed by atoms with Gasteiger partial charge in [-0.1, -0.05) is 18.2 Å². The Kier molecular flexibility index (Phi) is 7.00. The molecule has 1 saturated heterocycles. The topological polar surface area (TPSA) is 66.5 Å². The summed E-state index contributed by atoms with van der Waals surface area (Å²) in [4.78, 5) is 18.8. The Bertz CT molecular complexity index is 1200. The number of halogens is 3. The van der Waals surface area contributed by atoms with Crippen molar-refractivity contribution in [3.05, 3.63) is 65.9 Å². The second-order valence-electron chi connectivity index (χ2n) is 9.38. The second kappa shape index (κ2) is 10.3. The number of hydrogen-bond acceptors (Lipinski definition) is 5. The number of morpholine rings is 1. The van der Waals surface area contributed by atoms with Gasteiger partial charge in [-0.25, -0.2) is 4.98 Å². The molecule has 6 nitrogen and oxygen atoms in total. The highest BCUT2D eigenvalue weighted by Gasteiger charge is 2.34. The number of carbonyl (C=O) groups excluding carboxylic acids is 1. The molecule has 0 bridgehead atoms. The second-order valence-corrected chi connectivity index (χ2v) is 9.38. The summed E-state index contributed by atoms with van der Waals surface area (Å²) in [7, 11) is 0. The van der Waals surface area contributed by atoms with E-state index in [9.17, 15) is 18.0 Å². The molecule has 1 amide bonds. The Labute approximate surface area is 207 Å². The standard InChI is InChI=1S/C27H29F3N4O2/c28-27(29,30)25-17-24(22-3-1-2-4-23(22)33-25)31-19-7-9-20(10-8-19)32-26(35)18-5-11-21(12-6-18)34-13-15-36-16-14-34/h1-6,11-12,17,19-20H,7-10,13-16H2,(H,31,33)(H,32,35). The third kappa shape index (κ3) is 5.56. The molecule has 9 heteroatoms.